The lowest BCUT2D eigenvalue weighted by atomic mass is 9.92. The molecular formula is C12H18Cl2N2O2. The van der Waals surface area contributed by atoms with Crippen molar-refractivity contribution in [2.45, 2.75) is 13.8 Å². The number of nitrogens with one attached hydrogen (secondary N) is 1. The van der Waals surface area contributed by atoms with E-state index in [4.69, 9.17) is 22.1 Å². The van der Waals surface area contributed by atoms with E-state index in [0.29, 0.717) is 16.5 Å². The van der Waals surface area contributed by atoms with E-state index in [1.165, 1.54) is 7.11 Å². The van der Waals surface area contributed by atoms with E-state index < -0.39 is 5.41 Å². The summed E-state index contributed by atoms with van der Waals surface area (Å²) in [6.07, 6.45) is 0. The highest BCUT2D eigenvalue weighted by atomic mass is 35.5. The van der Waals surface area contributed by atoms with Gasteiger partial charge in [0, 0.05) is 18.3 Å². The predicted octanol–water partition coefficient (Wildman–Crippen LogP) is 2.69. The number of carbonyl (C=O) groups excluding carboxylic acids is 1. The van der Waals surface area contributed by atoms with Gasteiger partial charge in [0.15, 0.2) is 0 Å². The normalized spacial score (nSPS) is 10.5. The number of hydrogen-bond donors (Lipinski definition) is 2. The van der Waals surface area contributed by atoms with Crippen LogP contribution in [0.3, 0.4) is 0 Å². The van der Waals surface area contributed by atoms with Gasteiger partial charge < -0.3 is 15.8 Å². The zero-order valence-corrected chi connectivity index (χ0v) is 12.2. The van der Waals surface area contributed by atoms with Gasteiger partial charge in [-0.25, -0.2) is 0 Å². The molecule has 6 heteroatoms. The fourth-order valence-electron chi connectivity index (χ4n) is 1.13. The van der Waals surface area contributed by atoms with Gasteiger partial charge in [0.25, 0.3) is 0 Å². The van der Waals surface area contributed by atoms with Crippen LogP contribution in [0, 0.1) is 5.41 Å². The quantitative estimate of drug-likeness (QED) is 0.897. The Morgan fingerprint density at radius 3 is 2.61 bits per heavy atom. The average Bonchev–Trinajstić information content (AvgIpc) is 2.31. The third-order valence-corrected chi connectivity index (χ3v) is 2.85. The molecule has 0 spiro atoms. The number of carbonyl (C=O) groups is 1. The summed E-state index contributed by atoms with van der Waals surface area (Å²) >= 11 is 5.89. The summed E-state index contributed by atoms with van der Waals surface area (Å²) in [4.78, 5) is 11.9. The summed E-state index contributed by atoms with van der Waals surface area (Å²) in [5.74, 6) is 0.388. The second kappa shape index (κ2) is 6.83. The monoisotopic (exact) mass is 292 g/mol. The van der Waals surface area contributed by atoms with E-state index in [1.54, 1.807) is 32.0 Å². The van der Waals surface area contributed by atoms with Crippen LogP contribution in [0.15, 0.2) is 18.2 Å². The molecule has 3 N–H and O–H groups in total. The number of rotatable bonds is 4. The van der Waals surface area contributed by atoms with Crippen LogP contribution in [-0.4, -0.2) is 19.6 Å². The summed E-state index contributed by atoms with van der Waals surface area (Å²) in [6, 6.07) is 5.06. The first kappa shape index (κ1) is 17.0. The summed E-state index contributed by atoms with van der Waals surface area (Å²) in [5, 5.41) is 3.28. The molecule has 0 bridgehead atoms. The van der Waals surface area contributed by atoms with Crippen molar-refractivity contribution in [3.05, 3.63) is 23.2 Å². The van der Waals surface area contributed by atoms with Crippen LogP contribution in [0.4, 0.5) is 5.69 Å². The average molecular weight is 293 g/mol. The topological polar surface area (TPSA) is 64.3 Å². The van der Waals surface area contributed by atoms with Gasteiger partial charge in [-0.1, -0.05) is 11.6 Å². The van der Waals surface area contributed by atoms with E-state index in [1.807, 2.05) is 0 Å². The van der Waals surface area contributed by atoms with E-state index in [0.717, 1.165) is 0 Å². The van der Waals surface area contributed by atoms with Gasteiger partial charge in [0.05, 0.1) is 17.5 Å². The summed E-state index contributed by atoms with van der Waals surface area (Å²) in [6.45, 7) is 3.86. The second-order valence-electron chi connectivity index (χ2n) is 4.39. The highest BCUT2D eigenvalue weighted by molar-refractivity contribution is 6.32. The standard InChI is InChI=1S/C12H17ClN2O2.ClH/c1-12(2,7-14)11(16)15-8-4-5-9(13)10(6-8)17-3;/h4-6H,7,14H2,1-3H3,(H,15,16);1H. The number of anilines is 1. The Morgan fingerprint density at radius 1 is 1.50 bits per heavy atom. The Morgan fingerprint density at radius 2 is 2.11 bits per heavy atom. The fraction of sp³-hybridized carbons (Fsp3) is 0.417. The number of ether oxygens (including phenoxy) is 1. The predicted molar refractivity (Wildman–Crippen MR) is 76.7 cm³/mol. The molecular weight excluding hydrogens is 275 g/mol. The summed E-state index contributed by atoms with van der Waals surface area (Å²) in [7, 11) is 1.52. The van der Waals surface area contributed by atoms with Crippen LogP contribution in [-0.2, 0) is 4.79 Å². The molecule has 0 atom stereocenters. The van der Waals surface area contributed by atoms with Gasteiger partial charge in [0.1, 0.15) is 5.75 Å². The van der Waals surface area contributed by atoms with Crippen LogP contribution in [0.5, 0.6) is 5.75 Å². The number of amides is 1. The zero-order valence-electron chi connectivity index (χ0n) is 10.6. The maximum atomic E-state index is 11.9. The third kappa shape index (κ3) is 4.05. The van der Waals surface area contributed by atoms with Crippen molar-refractivity contribution < 1.29 is 9.53 Å². The van der Waals surface area contributed by atoms with Crippen molar-refractivity contribution in [3.63, 3.8) is 0 Å². The lowest BCUT2D eigenvalue weighted by molar-refractivity contribution is -0.123. The molecule has 1 aromatic rings. The molecule has 0 heterocycles. The van der Waals surface area contributed by atoms with Gasteiger partial charge >= 0.3 is 0 Å². The van der Waals surface area contributed by atoms with Crippen LogP contribution in [0.2, 0.25) is 5.02 Å². The molecule has 0 saturated heterocycles. The van der Waals surface area contributed by atoms with Gasteiger partial charge in [-0.3, -0.25) is 4.79 Å². The van der Waals surface area contributed by atoms with E-state index in [9.17, 15) is 4.79 Å². The Hall–Kier alpha value is -0.970. The van der Waals surface area contributed by atoms with Crippen molar-refractivity contribution in [1.82, 2.24) is 0 Å². The van der Waals surface area contributed by atoms with Crippen molar-refractivity contribution in [2.75, 3.05) is 19.0 Å². The molecule has 0 aliphatic heterocycles. The number of nitrogens with two attached hydrogens (primary N) is 1. The number of halogens is 2. The molecule has 1 amide bonds. The fourth-order valence-corrected chi connectivity index (χ4v) is 1.33. The SMILES string of the molecule is COc1cc(NC(=O)C(C)(C)CN)ccc1Cl.Cl. The molecule has 18 heavy (non-hydrogen) atoms. The lowest BCUT2D eigenvalue weighted by Crippen LogP contribution is -2.37. The van der Waals surface area contributed by atoms with Crippen molar-refractivity contribution >= 4 is 35.6 Å². The van der Waals surface area contributed by atoms with Crippen LogP contribution < -0.4 is 15.8 Å². The molecule has 0 saturated carbocycles. The molecule has 0 unspecified atom stereocenters. The highest BCUT2D eigenvalue weighted by Crippen LogP contribution is 2.28. The third-order valence-electron chi connectivity index (χ3n) is 2.53. The minimum Gasteiger partial charge on any atom is -0.495 e. The van der Waals surface area contributed by atoms with Gasteiger partial charge in [-0.2, -0.15) is 0 Å². The minimum absolute atomic E-state index is 0. The van der Waals surface area contributed by atoms with Crippen molar-refractivity contribution in [3.8, 4) is 5.75 Å². The maximum absolute atomic E-state index is 11.9. The molecule has 1 aromatic carbocycles. The minimum atomic E-state index is -0.604. The number of benzene rings is 1. The first-order chi connectivity index (χ1) is 7.90. The van der Waals surface area contributed by atoms with Crippen LogP contribution in [0.25, 0.3) is 0 Å². The first-order valence-corrected chi connectivity index (χ1v) is 5.63. The van der Waals surface area contributed by atoms with Crippen molar-refractivity contribution in [1.29, 1.82) is 0 Å². The largest absolute Gasteiger partial charge is 0.495 e. The molecule has 1 rings (SSSR count). The van der Waals surface area contributed by atoms with Crippen molar-refractivity contribution in [2.24, 2.45) is 11.1 Å². The molecule has 0 aliphatic rings. The molecule has 0 aliphatic carbocycles. The summed E-state index contributed by atoms with van der Waals surface area (Å²) in [5.41, 5.74) is 5.57. The highest BCUT2D eigenvalue weighted by Gasteiger charge is 2.25. The van der Waals surface area contributed by atoms with E-state index in [2.05, 4.69) is 5.32 Å². The van der Waals surface area contributed by atoms with E-state index in [-0.39, 0.29) is 24.9 Å². The number of hydrogen-bond acceptors (Lipinski definition) is 3. The maximum Gasteiger partial charge on any atom is 0.231 e. The van der Waals surface area contributed by atoms with Gasteiger partial charge in [-0.05, 0) is 26.0 Å². The molecule has 0 aromatic heterocycles. The Labute approximate surface area is 118 Å². The molecule has 4 nitrogen and oxygen atoms in total. The first-order valence-electron chi connectivity index (χ1n) is 5.26. The zero-order chi connectivity index (χ0) is 13.1. The van der Waals surface area contributed by atoms with Crippen LogP contribution >= 0.6 is 24.0 Å². The Kier molecular flexibility index (Phi) is 6.46. The summed E-state index contributed by atoms with van der Waals surface area (Å²) < 4.78 is 5.07. The number of methoxy groups -OCH3 is 1. The van der Waals surface area contributed by atoms with Gasteiger partial charge in [0.2, 0.25) is 5.91 Å². The van der Waals surface area contributed by atoms with E-state index >= 15 is 0 Å². The van der Waals surface area contributed by atoms with Gasteiger partial charge in [-0.15, -0.1) is 12.4 Å². The molecule has 0 radical (unpaired) electrons. The second-order valence-corrected chi connectivity index (χ2v) is 4.80. The smallest absolute Gasteiger partial charge is 0.231 e. The Bertz CT molecular complexity index is 423. The van der Waals surface area contributed by atoms with Crippen LogP contribution in [0.1, 0.15) is 13.8 Å². The molecule has 0 fully saturated rings. The Balaban J connectivity index is 0.00000289. The molecule has 102 valence electrons. The lowest BCUT2D eigenvalue weighted by Gasteiger charge is -2.21.